The van der Waals surface area contributed by atoms with Crippen molar-refractivity contribution < 1.29 is 19.3 Å². The van der Waals surface area contributed by atoms with Gasteiger partial charge in [-0.05, 0) is 6.08 Å². The molecule has 0 spiro atoms. The van der Waals surface area contributed by atoms with Gasteiger partial charge in [-0.15, -0.1) is 0 Å². The molecule has 0 saturated carbocycles. The van der Waals surface area contributed by atoms with Crippen molar-refractivity contribution in [2.45, 2.75) is 0 Å². The Hall–Kier alpha value is -0.870. The van der Waals surface area contributed by atoms with Crippen LogP contribution in [0.4, 0.5) is 0 Å². The largest absolute Gasteiger partial charge is 0.466 e. The highest BCUT2D eigenvalue weighted by atomic mass is 17.2. The number of carbonyl (C=O) groups is 1. The Kier molecular flexibility index (Phi) is 5.71. The molecule has 0 bridgehead atoms. The van der Waals surface area contributed by atoms with Gasteiger partial charge in [-0.1, -0.05) is 0 Å². The van der Waals surface area contributed by atoms with Gasteiger partial charge in [0.05, 0.1) is 14.2 Å². The predicted octanol–water partition coefficient (Wildman–Crippen LogP) is 0.294. The van der Waals surface area contributed by atoms with Gasteiger partial charge >= 0.3 is 5.97 Å². The lowest BCUT2D eigenvalue weighted by Crippen LogP contribution is -1.95. The molecule has 0 N–H and O–H groups in total. The van der Waals surface area contributed by atoms with Gasteiger partial charge in [0.25, 0.3) is 0 Å². The third-order valence-corrected chi connectivity index (χ3v) is 0.737. The molecule has 4 nitrogen and oxygen atoms in total. The number of hydrogen-bond acceptors (Lipinski definition) is 4. The first-order valence-corrected chi connectivity index (χ1v) is 2.71. The zero-order valence-corrected chi connectivity index (χ0v) is 5.99. The Morgan fingerprint density at radius 3 is 2.70 bits per heavy atom. The predicted molar refractivity (Wildman–Crippen MR) is 34.1 cm³/mol. The number of carbonyl (C=O) groups excluding carboxylic acids is 1. The van der Waals surface area contributed by atoms with Crippen molar-refractivity contribution in [2.24, 2.45) is 0 Å². The molecular formula is C6H10O4. The van der Waals surface area contributed by atoms with E-state index in [9.17, 15) is 4.79 Å². The Morgan fingerprint density at radius 2 is 2.20 bits per heavy atom. The second-order valence-electron chi connectivity index (χ2n) is 1.38. The van der Waals surface area contributed by atoms with Crippen LogP contribution < -0.4 is 0 Å². The molecule has 0 saturated heterocycles. The van der Waals surface area contributed by atoms with Crippen molar-refractivity contribution in [3.63, 3.8) is 0 Å². The minimum absolute atomic E-state index is 0.242. The minimum Gasteiger partial charge on any atom is -0.466 e. The Balaban J connectivity index is 3.27. The SMILES string of the molecule is COOC/C=C/C(=O)OC. The zero-order chi connectivity index (χ0) is 7.82. The number of esters is 1. The Morgan fingerprint density at radius 1 is 1.50 bits per heavy atom. The quantitative estimate of drug-likeness (QED) is 0.188. The van der Waals surface area contributed by atoms with E-state index in [-0.39, 0.29) is 6.61 Å². The topological polar surface area (TPSA) is 44.8 Å². The van der Waals surface area contributed by atoms with Gasteiger partial charge in [0.15, 0.2) is 0 Å². The van der Waals surface area contributed by atoms with E-state index in [0.29, 0.717) is 0 Å². The first kappa shape index (κ1) is 9.13. The molecule has 0 radical (unpaired) electrons. The zero-order valence-electron chi connectivity index (χ0n) is 5.99. The van der Waals surface area contributed by atoms with Gasteiger partial charge < -0.3 is 4.74 Å². The molecule has 10 heavy (non-hydrogen) atoms. The highest BCUT2D eigenvalue weighted by Gasteiger charge is 1.88. The maximum Gasteiger partial charge on any atom is 0.330 e. The van der Waals surface area contributed by atoms with Gasteiger partial charge in [0.2, 0.25) is 0 Å². The van der Waals surface area contributed by atoms with Gasteiger partial charge in [-0.2, -0.15) is 0 Å². The minimum atomic E-state index is -0.403. The van der Waals surface area contributed by atoms with Crippen molar-refractivity contribution in [3.8, 4) is 0 Å². The average molecular weight is 146 g/mol. The summed E-state index contributed by atoms with van der Waals surface area (Å²) in [6.45, 7) is 0.242. The van der Waals surface area contributed by atoms with Crippen molar-refractivity contribution in [1.29, 1.82) is 0 Å². The Labute approximate surface area is 59.3 Å². The molecule has 0 aliphatic carbocycles. The third kappa shape index (κ3) is 5.27. The first-order valence-electron chi connectivity index (χ1n) is 2.71. The summed E-state index contributed by atoms with van der Waals surface area (Å²) >= 11 is 0. The molecule has 0 amide bonds. The van der Waals surface area contributed by atoms with E-state index in [1.165, 1.54) is 26.4 Å². The smallest absolute Gasteiger partial charge is 0.330 e. The normalized spacial score (nSPS) is 10.2. The van der Waals surface area contributed by atoms with Crippen LogP contribution in [0.25, 0.3) is 0 Å². The van der Waals surface area contributed by atoms with Crippen LogP contribution in [-0.4, -0.2) is 26.8 Å². The molecule has 0 unspecified atom stereocenters. The number of rotatable bonds is 4. The number of hydrogen-bond donors (Lipinski definition) is 0. The van der Waals surface area contributed by atoms with Crippen LogP contribution in [-0.2, 0) is 19.3 Å². The third-order valence-electron chi connectivity index (χ3n) is 0.737. The molecule has 58 valence electrons. The lowest BCUT2D eigenvalue weighted by atomic mass is 10.5. The summed E-state index contributed by atoms with van der Waals surface area (Å²) in [6.07, 6.45) is 2.76. The molecular weight excluding hydrogens is 136 g/mol. The molecule has 0 aromatic heterocycles. The summed E-state index contributed by atoms with van der Waals surface area (Å²) in [5.74, 6) is -0.403. The van der Waals surface area contributed by atoms with Gasteiger partial charge in [0, 0.05) is 6.08 Å². The van der Waals surface area contributed by atoms with Crippen LogP contribution in [0.15, 0.2) is 12.2 Å². The monoisotopic (exact) mass is 146 g/mol. The standard InChI is InChI=1S/C6H10O4/c1-8-6(7)4-3-5-10-9-2/h3-4H,5H2,1-2H3/b4-3+. The van der Waals surface area contributed by atoms with E-state index in [1.54, 1.807) is 0 Å². The average Bonchev–Trinajstić information content (AvgIpc) is 1.98. The van der Waals surface area contributed by atoms with E-state index in [0.717, 1.165) is 0 Å². The molecule has 0 aromatic carbocycles. The number of methoxy groups -OCH3 is 1. The highest BCUT2D eigenvalue weighted by Crippen LogP contribution is 1.79. The van der Waals surface area contributed by atoms with E-state index in [4.69, 9.17) is 0 Å². The maximum atomic E-state index is 10.4. The molecule has 4 heteroatoms. The fourth-order valence-electron chi connectivity index (χ4n) is 0.320. The summed E-state index contributed by atoms with van der Waals surface area (Å²) in [4.78, 5) is 19.1. The van der Waals surface area contributed by atoms with Crippen LogP contribution in [0, 0.1) is 0 Å². The van der Waals surface area contributed by atoms with Gasteiger partial charge in [-0.25, -0.2) is 14.6 Å². The van der Waals surface area contributed by atoms with Crippen LogP contribution in [0.1, 0.15) is 0 Å². The van der Waals surface area contributed by atoms with E-state index < -0.39 is 5.97 Å². The van der Waals surface area contributed by atoms with Crippen molar-refractivity contribution in [3.05, 3.63) is 12.2 Å². The first-order chi connectivity index (χ1) is 4.81. The molecule has 0 aliphatic heterocycles. The summed E-state index contributed by atoms with van der Waals surface area (Å²) in [6, 6.07) is 0. The van der Waals surface area contributed by atoms with Crippen LogP contribution in [0.5, 0.6) is 0 Å². The fourth-order valence-corrected chi connectivity index (χ4v) is 0.320. The van der Waals surface area contributed by atoms with Crippen LogP contribution in [0.2, 0.25) is 0 Å². The molecule has 0 fully saturated rings. The highest BCUT2D eigenvalue weighted by molar-refractivity contribution is 5.81. The summed E-state index contributed by atoms with van der Waals surface area (Å²) in [7, 11) is 2.70. The lowest BCUT2D eigenvalue weighted by molar-refractivity contribution is -0.263. The van der Waals surface area contributed by atoms with E-state index in [1.807, 2.05) is 0 Å². The second-order valence-corrected chi connectivity index (χ2v) is 1.38. The van der Waals surface area contributed by atoms with Crippen LogP contribution in [0.3, 0.4) is 0 Å². The molecule has 0 aromatic rings. The molecule has 0 aliphatic rings. The van der Waals surface area contributed by atoms with Crippen molar-refractivity contribution >= 4 is 5.97 Å². The Bertz CT molecular complexity index is 119. The maximum absolute atomic E-state index is 10.4. The summed E-state index contributed by atoms with van der Waals surface area (Å²) < 4.78 is 4.31. The van der Waals surface area contributed by atoms with Gasteiger partial charge in [-0.3, -0.25) is 0 Å². The van der Waals surface area contributed by atoms with Crippen LogP contribution >= 0.6 is 0 Å². The van der Waals surface area contributed by atoms with E-state index >= 15 is 0 Å². The summed E-state index contributed by atoms with van der Waals surface area (Å²) in [5.41, 5.74) is 0. The molecule has 0 rings (SSSR count). The number of ether oxygens (including phenoxy) is 1. The lowest BCUT2D eigenvalue weighted by Gasteiger charge is -1.91. The van der Waals surface area contributed by atoms with Crippen molar-refractivity contribution in [2.75, 3.05) is 20.8 Å². The van der Waals surface area contributed by atoms with Crippen molar-refractivity contribution in [1.82, 2.24) is 0 Å². The van der Waals surface area contributed by atoms with Gasteiger partial charge in [0.1, 0.15) is 6.61 Å². The molecule has 0 atom stereocenters. The second kappa shape index (κ2) is 6.25. The summed E-state index contributed by atoms with van der Waals surface area (Å²) in [5, 5.41) is 0. The van der Waals surface area contributed by atoms with E-state index in [2.05, 4.69) is 14.5 Å². The fraction of sp³-hybridized carbons (Fsp3) is 0.500. The molecule has 0 heterocycles.